The summed E-state index contributed by atoms with van der Waals surface area (Å²) < 4.78 is 14.3. The molecule has 4 aromatic rings. The number of hydrogen-bond donors (Lipinski definition) is 0. The Morgan fingerprint density at radius 2 is 1.81 bits per heavy atom. The Hall–Kier alpha value is -3.97. The van der Waals surface area contributed by atoms with E-state index in [-0.39, 0.29) is 11.3 Å². The average molecular weight is 497 g/mol. The number of Topliss-reactive ketones (excluding diaryl/α,β-unsaturated/α-hetero) is 1. The molecule has 0 amide bonds. The van der Waals surface area contributed by atoms with Gasteiger partial charge < -0.3 is 9.47 Å². The lowest BCUT2D eigenvalue weighted by Gasteiger charge is -2.45. The van der Waals surface area contributed by atoms with Gasteiger partial charge in [-0.25, -0.2) is 4.99 Å². The van der Waals surface area contributed by atoms with Gasteiger partial charge in [0.25, 0.3) is 5.56 Å². The molecule has 0 saturated carbocycles. The molecule has 0 spiro atoms. The van der Waals surface area contributed by atoms with Crippen molar-refractivity contribution in [2.24, 2.45) is 10.9 Å². The minimum Gasteiger partial charge on any atom is -0.489 e. The number of nitrogens with zero attached hydrogens (tertiary/aromatic N) is 2. The maximum Gasteiger partial charge on any atom is 0.270 e. The van der Waals surface area contributed by atoms with Crippen molar-refractivity contribution in [1.82, 2.24) is 4.57 Å². The maximum absolute atomic E-state index is 13.6. The third-order valence-corrected chi connectivity index (χ3v) is 7.73. The quantitative estimate of drug-likeness (QED) is 0.421. The smallest absolute Gasteiger partial charge is 0.270 e. The number of carbonyl (C=O) groups excluding carboxylic acids is 1. The van der Waals surface area contributed by atoms with Gasteiger partial charge in [0.05, 0.1) is 10.6 Å². The summed E-state index contributed by atoms with van der Waals surface area (Å²) in [4.78, 5) is 31.7. The fourth-order valence-corrected chi connectivity index (χ4v) is 6.21. The number of carbonyl (C=O) groups is 1. The second-order valence-electron chi connectivity index (χ2n) is 9.25. The fourth-order valence-electron chi connectivity index (χ4n) is 5.11. The van der Waals surface area contributed by atoms with Crippen molar-refractivity contribution in [3.05, 3.63) is 115 Å². The van der Waals surface area contributed by atoms with Gasteiger partial charge in [0.15, 0.2) is 4.80 Å². The predicted molar refractivity (Wildman–Crippen MR) is 138 cm³/mol. The zero-order valence-corrected chi connectivity index (χ0v) is 20.7. The Morgan fingerprint density at radius 1 is 1.08 bits per heavy atom. The molecule has 0 fully saturated rings. The molecular formula is C29H24N2O4S. The number of rotatable bonds is 5. The van der Waals surface area contributed by atoms with Crippen LogP contribution < -0.4 is 24.4 Å². The lowest BCUT2D eigenvalue weighted by Crippen LogP contribution is -2.58. The Bertz CT molecular complexity index is 1640. The number of para-hydroxylation sites is 1. The molecule has 0 unspecified atom stereocenters. The van der Waals surface area contributed by atoms with E-state index >= 15 is 0 Å². The molecule has 0 saturated heterocycles. The van der Waals surface area contributed by atoms with Crippen LogP contribution in [-0.2, 0) is 11.4 Å². The number of aromatic nitrogens is 1. The highest BCUT2D eigenvalue weighted by Gasteiger charge is 2.53. The number of thiazole rings is 1. The minimum atomic E-state index is -1.06. The molecule has 2 aliphatic heterocycles. The van der Waals surface area contributed by atoms with Crippen LogP contribution >= 0.6 is 11.3 Å². The number of ketones is 1. The number of ether oxygens (including phenoxy) is 2. The molecule has 0 radical (unpaired) electrons. The van der Waals surface area contributed by atoms with Crippen LogP contribution in [0.5, 0.6) is 11.5 Å². The Balaban J connectivity index is 1.38. The van der Waals surface area contributed by atoms with Crippen molar-refractivity contribution in [3.8, 4) is 11.5 Å². The summed E-state index contributed by atoms with van der Waals surface area (Å²) in [6.07, 6.45) is 1.86. The van der Waals surface area contributed by atoms with Crippen molar-refractivity contribution in [2.75, 3.05) is 0 Å². The van der Waals surface area contributed by atoms with Crippen LogP contribution in [0.1, 0.15) is 36.6 Å². The molecular weight excluding hydrogens is 472 g/mol. The summed E-state index contributed by atoms with van der Waals surface area (Å²) in [5.41, 5.74) is 1.60. The van der Waals surface area contributed by atoms with E-state index < -0.39 is 17.7 Å². The fraction of sp³-hybridized carbons (Fsp3) is 0.207. The van der Waals surface area contributed by atoms with Gasteiger partial charge in [-0.2, -0.15) is 0 Å². The van der Waals surface area contributed by atoms with Gasteiger partial charge in [0.2, 0.25) is 5.72 Å². The van der Waals surface area contributed by atoms with Crippen LogP contribution in [0.25, 0.3) is 6.08 Å². The molecule has 3 atom stereocenters. The van der Waals surface area contributed by atoms with E-state index in [1.54, 1.807) is 11.5 Å². The first-order valence-electron chi connectivity index (χ1n) is 11.8. The standard InChI is InChI=1S/C29H24N2O4S/c1-18(32)25-26-22-10-6-7-11-23(22)35-29(25,2)30-28-31(26)27(33)24(36-28)16-19-12-14-21(15-13-19)34-17-20-8-4-3-5-9-20/h3-16,25-26H,17H2,1-2H3/b24-16+/t25-,26+,29+/m1/s1. The molecule has 1 aromatic heterocycles. The van der Waals surface area contributed by atoms with Gasteiger partial charge in [0.1, 0.15) is 29.8 Å². The van der Waals surface area contributed by atoms with Crippen LogP contribution in [-0.4, -0.2) is 16.1 Å². The van der Waals surface area contributed by atoms with E-state index in [1.165, 1.54) is 11.3 Å². The largest absolute Gasteiger partial charge is 0.489 e. The average Bonchev–Trinajstić information content (AvgIpc) is 3.16. The molecule has 36 heavy (non-hydrogen) atoms. The molecule has 0 N–H and O–H groups in total. The number of fused-ring (bicyclic) bond motifs is 6. The topological polar surface area (TPSA) is 69.9 Å². The van der Waals surface area contributed by atoms with Crippen LogP contribution in [0, 0.1) is 5.92 Å². The van der Waals surface area contributed by atoms with Crippen LogP contribution in [0.2, 0.25) is 0 Å². The van der Waals surface area contributed by atoms with Crippen LogP contribution in [0.15, 0.2) is 88.6 Å². The van der Waals surface area contributed by atoms with Gasteiger partial charge in [-0.3, -0.25) is 14.2 Å². The van der Waals surface area contributed by atoms with Crippen molar-refractivity contribution in [3.63, 3.8) is 0 Å². The van der Waals surface area contributed by atoms with E-state index in [9.17, 15) is 9.59 Å². The van der Waals surface area contributed by atoms with Crippen molar-refractivity contribution in [1.29, 1.82) is 0 Å². The normalized spacial score (nSPS) is 22.1. The third kappa shape index (κ3) is 3.76. The molecule has 3 aromatic carbocycles. The molecule has 180 valence electrons. The van der Waals surface area contributed by atoms with Crippen LogP contribution in [0.3, 0.4) is 0 Å². The molecule has 3 heterocycles. The van der Waals surface area contributed by atoms with Crippen molar-refractivity contribution < 1.29 is 14.3 Å². The highest BCUT2D eigenvalue weighted by atomic mass is 32.1. The Labute approximate surface area is 211 Å². The SMILES string of the molecule is CC(=O)[C@@H]1[C@@H]2c3ccccc3O[C@]1(C)N=c1s/c(=C/c3ccc(OCc4ccccc4)cc3)c(=O)n12. The number of benzene rings is 3. The first-order valence-corrected chi connectivity index (χ1v) is 12.6. The molecule has 6 rings (SSSR count). The second-order valence-corrected chi connectivity index (χ2v) is 10.3. The summed E-state index contributed by atoms with van der Waals surface area (Å²) in [7, 11) is 0. The van der Waals surface area contributed by atoms with Crippen molar-refractivity contribution in [2.45, 2.75) is 32.2 Å². The molecule has 2 aliphatic rings. The van der Waals surface area contributed by atoms with Gasteiger partial charge >= 0.3 is 0 Å². The highest BCUT2D eigenvalue weighted by Crippen LogP contribution is 2.47. The maximum atomic E-state index is 13.6. The van der Waals surface area contributed by atoms with Crippen LogP contribution in [0.4, 0.5) is 0 Å². The van der Waals surface area contributed by atoms with Gasteiger partial charge in [-0.1, -0.05) is 72.0 Å². The lowest BCUT2D eigenvalue weighted by molar-refractivity contribution is -0.132. The second kappa shape index (κ2) is 8.60. The minimum absolute atomic E-state index is 0.0545. The molecule has 6 nitrogen and oxygen atoms in total. The predicted octanol–water partition coefficient (Wildman–Crippen LogP) is 3.85. The third-order valence-electron chi connectivity index (χ3n) is 6.74. The van der Waals surface area contributed by atoms with E-state index in [0.29, 0.717) is 21.7 Å². The first-order chi connectivity index (χ1) is 17.4. The highest BCUT2D eigenvalue weighted by molar-refractivity contribution is 7.07. The van der Waals surface area contributed by atoms with Gasteiger partial charge in [0, 0.05) is 5.56 Å². The zero-order valence-electron chi connectivity index (χ0n) is 19.9. The van der Waals surface area contributed by atoms with E-state index in [2.05, 4.69) is 0 Å². The van der Waals surface area contributed by atoms with E-state index in [0.717, 1.165) is 22.4 Å². The molecule has 0 aliphatic carbocycles. The molecule has 7 heteroatoms. The summed E-state index contributed by atoms with van der Waals surface area (Å²) in [5, 5.41) is 0. The van der Waals surface area contributed by atoms with Gasteiger partial charge in [-0.05, 0) is 49.2 Å². The number of hydrogen-bond acceptors (Lipinski definition) is 6. The van der Waals surface area contributed by atoms with Crippen molar-refractivity contribution >= 4 is 23.2 Å². The zero-order chi connectivity index (χ0) is 24.9. The van der Waals surface area contributed by atoms with E-state index in [4.69, 9.17) is 14.5 Å². The lowest BCUT2D eigenvalue weighted by atomic mass is 9.79. The summed E-state index contributed by atoms with van der Waals surface area (Å²) >= 11 is 1.32. The first kappa shape index (κ1) is 22.5. The monoisotopic (exact) mass is 496 g/mol. The molecule has 2 bridgehead atoms. The summed E-state index contributed by atoms with van der Waals surface area (Å²) in [6, 6.07) is 24.8. The summed E-state index contributed by atoms with van der Waals surface area (Å²) in [5.74, 6) is 0.779. The van der Waals surface area contributed by atoms with Gasteiger partial charge in [-0.15, -0.1) is 0 Å². The Kier molecular flexibility index (Phi) is 5.38. The Morgan fingerprint density at radius 3 is 2.56 bits per heavy atom. The van der Waals surface area contributed by atoms with E-state index in [1.807, 2.05) is 91.9 Å². The summed E-state index contributed by atoms with van der Waals surface area (Å²) in [6.45, 7) is 3.86.